The molecule has 6 nitrogen and oxygen atoms in total. The van der Waals surface area contributed by atoms with Crippen molar-refractivity contribution in [3.8, 4) is 17.6 Å². The normalized spacial score (nSPS) is 10.5. The first-order chi connectivity index (χ1) is 14.6. The number of carbonyl (C=O) groups excluding carboxylic acids is 2. The van der Waals surface area contributed by atoms with Gasteiger partial charge in [-0.1, -0.05) is 48.5 Å². The standard InChI is InChI=1S/C24H19NO5/c1-28-23-15-17(9-11-22(23)29-14-13-25)10-12-24(27)30-16-21(26)20-8-4-6-18-5-2-3-7-19(18)20/h2-12,15H,14,16H2,1H3/b12-10+. The minimum Gasteiger partial charge on any atom is -0.493 e. The zero-order valence-electron chi connectivity index (χ0n) is 16.3. The van der Waals surface area contributed by atoms with Crippen molar-refractivity contribution in [3.63, 3.8) is 0 Å². The Balaban J connectivity index is 1.62. The summed E-state index contributed by atoms with van der Waals surface area (Å²) in [4.78, 5) is 24.5. The van der Waals surface area contributed by atoms with Gasteiger partial charge in [0.15, 0.2) is 24.7 Å². The van der Waals surface area contributed by atoms with Crippen molar-refractivity contribution in [2.45, 2.75) is 0 Å². The lowest BCUT2D eigenvalue weighted by atomic mass is 10.0. The predicted molar refractivity (Wildman–Crippen MR) is 112 cm³/mol. The van der Waals surface area contributed by atoms with Crippen molar-refractivity contribution < 1.29 is 23.8 Å². The van der Waals surface area contributed by atoms with Gasteiger partial charge in [0.05, 0.1) is 7.11 Å². The lowest BCUT2D eigenvalue weighted by Crippen LogP contribution is -2.12. The average molecular weight is 401 g/mol. The van der Waals surface area contributed by atoms with E-state index < -0.39 is 5.97 Å². The van der Waals surface area contributed by atoms with Crippen LogP contribution in [0.2, 0.25) is 0 Å². The van der Waals surface area contributed by atoms with Gasteiger partial charge in [0.25, 0.3) is 0 Å². The third kappa shape index (κ3) is 5.03. The molecule has 0 radical (unpaired) electrons. The van der Waals surface area contributed by atoms with Crippen LogP contribution in [0.4, 0.5) is 0 Å². The van der Waals surface area contributed by atoms with Gasteiger partial charge in [-0.2, -0.15) is 5.26 Å². The molecule has 0 bridgehead atoms. The molecule has 6 heteroatoms. The molecule has 0 amide bonds. The topological polar surface area (TPSA) is 85.6 Å². The first-order valence-electron chi connectivity index (χ1n) is 9.16. The van der Waals surface area contributed by atoms with Crippen molar-refractivity contribution in [2.24, 2.45) is 0 Å². The van der Waals surface area contributed by atoms with Crippen molar-refractivity contribution in [1.82, 2.24) is 0 Å². The number of nitriles is 1. The summed E-state index contributed by atoms with van der Waals surface area (Å²) in [5.74, 6) is -0.0343. The highest BCUT2D eigenvalue weighted by Crippen LogP contribution is 2.28. The molecule has 0 aliphatic heterocycles. The maximum Gasteiger partial charge on any atom is 0.331 e. The van der Waals surface area contributed by atoms with Crippen molar-refractivity contribution in [3.05, 3.63) is 77.9 Å². The summed E-state index contributed by atoms with van der Waals surface area (Å²) in [5, 5.41) is 10.4. The van der Waals surface area contributed by atoms with E-state index in [0.29, 0.717) is 22.6 Å². The second-order valence-electron chi connectivity index (χ2n) is 6.25. The Labute approximate surface area is 173 Å². The number of rotatable bonds is 8. The van der Waals surface area contributed by atoms with Gasteiger partial charge in [0, 0.05) is 11.6 Å². The van der Waals surface area contributed by atoms with Crippen LogP contribution in [-0.4, -0.2) is 32.1 Å². The van der Waals surface area contributed by atoms with Gasteiger partial charge in [-0.05, 0) is 34.5 Å². The number of nitrogens with zero attached hydrogens (tertiary/aromatic N) is 1. The number of carbonyl (C=O) groups is 2. The number of benzene rings is 3. The molecule has 3 rings (SSSR count). The Morgan fingerprint density at radius 1 is 1.03 bits per heavy atom. The Hall–Kier alpha value is -4.11. The summed E-state index contributed by atoms with van der Waals surface area (Å²) in [5.41, 5.74) is 1.19. The van der Waals surface area contributed by atoms with E-state index in [-0.39, 0.29) is 19.0 Å². The number of hydrogen-bond donors (Lipinski definition) is 0. The van der Waals surface area contributed by atoms with Gasteiger partial charge in [0.2, 0.25) is 5.78 Å². The quantitative estimate of drug-likeness (QED) is 0.320. The molecule has 0 aliphatic carbocycles. The maximum absolute atomic E-state index is 12.5. The van der Waals surface area contributed by atoms with E-state index in [1.54, 1.807) is 36.4 Å². The van der Waals surface area contributed by atoms with Crippen LogP contribution in [0.25, 0.3) is 16.8 Å². The molecule has 0 aliphatic rings. The van der Waals surface area contributed by atoms with E-state index in [4.69, 9.17) is 19.5 Å². The van der Waals surface area contributed by atoms with Gasteiger partial charge in [-0.3, -0.25) is 4.79 Å². The molecule has 0 spiro atoms. The molecule has 0 saturated heterocycles. The third-order valence-corrected chi connectivity index (χ3v) is 4.33. The largest absolute Gasteiger partial charge is 0.493 e. The second kappa shape index (κ2) is 9.89. The summed E-state index contributed by atoms with van der Waals surface area (Å²) >= 11 is 0. The number of hydrogen-bond acceptors (Lipinski definition) is 6. The van der Waals surface area contributed by atoms with Gasteiger partial charge >= 0.3 is 5.97 Å². The van der Waals surface area contributed by atoms with Crippen LogP contribution in [0.3, 0.4) is 0 Å². The monoisotopic (exact) mass is 401 g/mol. The molecule has 0 heterocycles. The molecule has 0 saturated carbocycles. The summed E-state index contributed by atoms with van der Waals surface area (Å²) < 4.78 is 15.6. The molecule has 0 fully saturated rings. The number of ether oxygens (including phenoxy) is 3. The van der Waals surface area contributed by atoms with E-state index in [0.717, 1.165) is 10.8 Å². The van der Waals surface area contributed by atoms with Crippen LogP contribution in [0.15, 0.2) is 66.7 Å². The smallest absolute Gasteiger partial charge is 0.331 e. The molecule has 0 N–H and O–H groups in total. The van der Waals surface area contributed by atoms with Gasteiger partial charge in [0.1, 0.15) is 6.07 Å². The highest BCUT2D eigenvalue weighted by molar-refractivity contribution is 6.09. The molecule has 0 aromatic heterocycles. The molecule has 3 aromatic rings. The van der Waals surface area contributed by atoms with Crippen LogP contribution in [0, 0.1) is 11.3 Å². The highest BCUT2D eigenvalue weighted by atomic mass is 16.5. The van der Waals surface area contributed by atoms with E-state index in [2.05, 4.69) is 0 Å². The average Bonchev–Trinajstić information content (AvgIpc) is 2.79. The second-order valence-corrected chi connectivity index (χ2v) is 6.25. The third-order valence-electron chi connectivity index (χ3n) is 4.33. The molecule has 3 aromatic carbocycles. The van der Waals surface area contributed by atoms with Crippen molar-refractivity contribution in [1.29, 1.82) is 5.26 Å². The fourth-order valence-electron chi connectivity index (χ4n) is 2.91. The number of ketones is 1. The van der Waals surface area contributed by atoms with Crippen LogP contribution in [-0.2, 0) is 9.53 Å². The summed E-state index contributed by atoms with van der Waals surface area (Å²) in [6.07, 6.45) is 2.78. The van der Waals surface area contributed by atoms with E-state index >= 15 is 0 Å². The van der Waals surface area contributed by atoms with Gasteiger partial charge < -0.3 is 14.2 Å². The SMILES string of the molecule is COc1cc(/C=C/C(=O)OCC(=O)c2cccc3ccccc23)ccc1OCC#N. The maximum atomic E-state index is 12.5. The van der Waals surface area contributed by atoms with Gasteiger partial charge in [-0.25, -0.2) is 4.79 Å². The van der Waals surface area contributed by atoms with E-state index in [1.165, 1.54) is 13.2 Å². The van der Waals surface area contributed by atoms with Crippen LogP contribution < -0.4 is 9.47 Å². The molecule has 0 unspecified atom stereocenters. The van der Waals surface area contributed by atoms with E-state index in [9.17, 15) is 9.59 Å². The lowest BCUT2D eigenvalue weighted by Gasteiger charge is -2.08. The predicted octanol–water partition coefficient (Wildman–Crippen LogP) is 4.19. The number of methoxy groups -OCH3 is 1. The first kappa shape index (κ1) is 20.6. The van der Waals surface area contributed by atoms with Crippen LogP contribution >= 0.6 is 0 Å². The van der Waals surface area contributed by atoms with Crippen molar-refractivity contribution >= 4 is 28.6 Å². The van der Waals surface area contributed by atoms with Crippen LogP contribution in [0.5, 0.6) is 11.5 Å². The minimum absolute atomic E-state index is 0.0946. The number of Topliss-reactive ketones (excluding diaryl/α,β-unsaturated/α-hetero) is 1. The zero-order valence-corrected chi connectivity index (χ0v) is 16.3. The Morgan fingerprint density at radius 2 is 1.83 bits per heavy atom. The fourth-order valence-corrected chi connectivity index (χ4v) is 2.91. The summed E-state index contributed by atoms with van der Waals surface area (Å²) in [6, 6.07) is 19.9. The Bertz CT molecular complexity index is 1140. The van der Waals surface area contributed by atoms with E-state index in [1.807, 2.05) is 36.4 Å². The molecular formula is C24H19NO5. The zero-order chi connectivity index (χ0) is 21.3. The Kier molecular flexibility index (Phi) is 6.80. The Morgan fingerprint density at radius 3 is 2.63 bits per heavy atom. The molecular weight excluding hydrogens is 382 g/mol. The van der Waals surface area contributed by atoms with Crippen molar-refractivity contribution in [2.75, 3.05) is 20.3 Å². The lowest BCUT2D eigenvalue weighted by molar-refractivity contribution is -0.136. The fraction of sp³-hybridized carbons (Fsp3) is 0.125. The molecule has 150 valence electrons. The van der Waals surface area contributed by atoms with Crippen LogP contribution in [0.1, 0.15) is 15.9 Å². The minimum atomic E-state index is -0.632. The summed E-state index contributed by atoms with van der Waals surface area (Å²) in [6.45, 7) is -0.440. The molecule has 30 heavy (non-hydrogen) atoms. The first-order valence-corrected chi connectivity index (χ1v) is 9.16. The molecule has 0 atom stereocenters. The summed E-state index contributed by atoms with van der Waals surface area (Å²) in [7, 11) is 1.48. The highest BCUT2D eigenvalue weighted by Gasteiger charge is 2.12. The number of esters is 1. The number of fused-ring (bicyclic) bond motifs is 1. The van der Waals surface area contributed by atoms with Gasteiger partial charge in [-0.15, -0.1) is 0 Å².